The lowest BCUT2D eigenvalue weighted by Gasteiger charge is -2.36. The molecule has 1 aromatic rings. The van der Waals surface area contributed by atoms with Gasteiger partial charge >= 0.3 is 0 Å². The molecule has 2 saturated heterocycles. The summed E-state index contributed by atoms with van der Waals surface area (Å²) in [5.41, 5.74) is 0. The normalized spacial score (nSPS) is 24.0. The third-order valence-corrected chi connectivity index (χ3v) is 7.54. The van der Waals surface area contributed by atoms with E-state index in [-0.39, 0.29) is 55.3 Å². The van der Waals surface area contributed by atoms with Crippen LogP contribution in [0.4, 0.5) is 0 Å². The monoisotopic (exact) mass is 589 g/mol. The Morgan fingerprint density at radius 2 is 1.79 bits per heavy atom. The number of piperidine rings is 1. The Hall–Kier alpha value is -3.22. The van der Waals surface area contributed by atoms with E-state index in [1.807, 2.05) is 18.2 Å². The van der Waals surface area contributed by atoms with Crippen molar-refractivity contribution in [2.24, 2.45) is 11.8 Å². The fraction of sp³-hybridized carbons (Fsp3) is 0.667. The highest BCUT2D eigenvalue weighted by atomic mass is 16.5. The average molecular weight is 590 g/mol. The summed E-state index contributed by atoms with van der Waals surface area (Å²) in [6.07, 6.45) is 3.83. The topological polar surface area (TPSA) is 147 Å². The first-order valence-corrected chi connectivity index (χ1v) is 15.0. The maximum Gasteiger partial charge on any atom is 0.257 e. The molecular weight excluding hydrogens is 542 g/mol. The number of fused-ring (bicyclic) bond motifs is 1. The first kappa shape index (κ1) is 33.3. The van der Waals surface area contributed by atoms with E-state index in [2.05, 4.69) is 33.2 Å². The molecule has 0 saturated carbocycles. The van der Waals surface area contributed by atoms with Gasteiger partial charge in [0, 0.05) is 32.6 Å². The van der Waals surface area contributed by atoms with Crippen LogP contribution in [0, 0.1) is 11.8 Å². The average Bonchev–Trinajstić information content (AvgIpc) is 2.98. The molecule has 12 heteroatoms. The minimum absolute atomic E-state index is 0.0196. The molecule has 42 heavy (non-hydrogen) atoms. The lowest BCUT2D eigenvalue weighted by atomic mass is 9.81. The minimum atomic E-state index is -0.716. The summed E-state index contributed by atoms with van der Waals surface area (Å²) in [7, 11) is 2.08. The summed E-state index contributed by atoms with van der Waals surface area (Å²) in [5, 5.41) is 11.5. The van der Waals surface area contributed by atoms with E-state index in [1.165, 1.54) is 0 Å². The second-order valence-electron chi connectivity index (χ2n) is 10.9. The first-order valence-electron chi connectivity index (χ1n) is 15.0. The third-order valence-electron chi connectivity index (χ3n) is 7.54. The van der Waals surface area contributed by atoms with Crippen LogP contribution in [0.2, 0.25) is 0 Å². The summed E-state index contributed by atoms with van der Waals surface area (Å²) in [6.45, 7) is 3.79. The number of carbonyl (C=O) groups is 4. The number of nitrogens with one attached hydrogen (secondary N) is 4. The van der Waals surface area contributed by atoms with Crippen molar-refractivity contribution in [2.45, 2.75) is 44.6 Å². The van der Waals surface area contributed by atoms with Crippen LogP contribution < -0.4 is 26.0 Å². The molecule has 2 heterocycles. The van der Waals surface area contributed by atoms with Crippen molar-refractivity contribution in [2.75, 3.05) is 72.8 Å². The second-order valence-corrected chi connectivity index (χ2v) is 10.9. The second kappa shape index (κ2) is 19.1. The number of nitrogens with zero attached hydrogens (tertiary/aromatic N) is 1. The molecule has 3 rings (SSSR count). The zero-order valence-corrected chi connectivity index (χ0v) is 24.7. The molecule has 234 valence electrons. The molecule has 2 fully saturated rings. The molecule has 2 aliphatic rings. The number of hydrogen-bond acceptors (Lipinski definition) is 8. The fourth-order valence-corrected chi connectivity index (χ4v) is 5.24. The molecule has 12 nitrogen and oxygen atoms in total. The van der Waals surface area contributed by atoms with Gasteiger partial charge in [-0.05, 0) is 69.7 Å². The van der Waals surface area contributed by atoms with Gasteiger partial charge in [0.15, 0.2) is 6.61 Å². The first-order chi connectivity index (χ1) is 20.4. The lowest BCUT2D eigenvalue weighted by Crippen LogP contribution is -2.48. The van der Waals surface area contributed by atoms with Gasteiger partial charge < -0.3 is 40.4 Å². The predicted octanol–water partition coefficient (Wildman–Crippen LogP) is 0.464. The van der Waals surface area contributed by atoms with Gasteiger partial charge in [-0.15, -0.1) is 0 Å². The Labute approximate surface area is 248 Å². The molecule has 0 radical (unpaired) electrons. The number of likely N-dealkylation sites (tertiary alicyclic amines) is 1. The molecule has 2 aliphatic heterocycles. The molecule has 1 aromatic carbocycles. The number of amides is 4. The number of ether oxygens (including phenoxy) is 3. The fourth-order valence-electron chi connectivity index (χ4n) is 5.24. The van der Waals surface area contributed by atoms with Crippen LogP contribution in [-0.4, -0.2) is 107 Å². The molecule has 3 atom stereocenters. The highest BCUT2D eigenvalue weighted by Crippen LogP contribution is 2.28. The summed E-state index contributed by atoms with van der Waals surface area (Å²) in [4.78, 5) is 52.5. The van der Waals surface area contributed by atoms with Gasteiger partial charge in [0.05, 0.1) is 19.8 Å². The van der Waals surface area contributed by atoms with Crippen LogP contribution >= 0.6 is 0 Å². The number of carbonyl (C=O) groups excluding carboxylic acids is 4. The molecule has 0 unspecified atom stereocenters. The van der Waals surface area contributed by atoms with Gasteiger partial charge in [0.2, 0.25) is 17.7 Å². The maximum atomic E-state index is 13.1. The Morgan fingerprint density at radius 1 is 0.976 bits per heavy atom. The Morgan fingerprint density at radius 3 is 2.62 bits per heavy atom. The van der Waals surface area contributed by atoms with Gasteiger partial charge in [0.1, 0.15) is 18.4 Å². The highest BCUT2D eigenvalue weighted by Gasteiger charge is 2.29. The molecule has 4 amide bonds. The van der Waals surface area contributed by atoms with Gasteiger partial charge in [-0.25, -0.2) is 0 Å². The van der Waals surface area contributed by atoms with E-state index in [1.54, 1.807) is 12.1 Å². The van der Waals surface area contributed by atoms with Crippen LogP contribution in [0.1, 0.15) is 38.5 Å². The van der Waals surface area contributed by atoms with Crippen molar-refractivity contribution < 1.29 is 33.4 Å². The summed E-state index contributed by atoms with van der Waals surface area (Å²) < 4.78 is 16.3. The molecule has 0 spiro atoms. The Bertz CT molecular complexity index is 980. The zero-order chi connectivity index (χ0) is 30.0. The number of benzene rings is 1. The highest BCUT2D eigenvalue weighted by molar-refractivity contribution is 5.88. The van der Waals surface area contributed by atoms with E-state index >= 15 is 0 Å². The summed E-state index contributed by atoms with van der Waals surface area (Å²) >= 11 is 0. The van der Waals surface area contributed by atoms with Gasteiger partial charge in [-0.1, -0.05) is 18.2 Å². The quantitative estimate of drug-likeness (QED) is 0.320. The van der Waals surface area contributed by atoms with Crippen LogP contribution in [0.3, 0.4) is 0 Å². The van der Waals surface area contributed by atoms with Crippen molar-refractivity contribution >= 4 is 23.6 Å². The SMILES string of the molecule is CN1CC[C@H]2CC(=O)NCCOCCOCC(=O)N[C@@H](CCCCNC(=O)COc3ccccc3)C(=O)NCC[C@H]2C1. The van der Waals surface area contributed by atoms with Crippen LogP contribution in [0.15, 0.2) is 30.3 Å². The Balaban J connectivity index is 1.48. The van der Waals surface area contributed by atoms with Crippen molar-refractivity contribution in [3.63, 3.8) is 0 Å². The smallest absolute Gasteiger partial charge is 0.257 e. The minimum Gasteiger partial charge on any atom is -0.484 e. The standard InChI is InChI=1S/C30H47N5O7/c1-35-15-11-23-19-27(36)32-14-16-40-17-18-41-21-29(38)34-26(30(39)33-13-10-24(23)20-35)9-5-6-12-31-28(37)22-42-25-7-3-2-4-8-25/h2-4,7-8,23-24,26H,5-6,9-22H2,1H3,(H,31,37)(H,32,36)(H,33,39)(H,34,38)/t23-,24-,26-/m0/s1. The maximum absolute atomic E-state index is 13.1. The molecule has 0 bridgehead atoms. The number of unbranched alkanes of at least 4 members (excludes halogenated alkanes) is 1. The van der Waals surface area contributed by atoms with Gasteiger partial charge in [-0.2, -0.15) is 0 Å². The number of hydrogen-bond donors (Lipinski definition) is 4. The Kier molecular flexibility index (Phi) is 15.1. The van der Waals surface area contributed by atoms with Gasteiger partial charge in [-0.3, -0.25) is 19.2 Å². The van der Waals surface area contributed by atoms with Crippen molar-refractivity contribution in [3.05, 3.63) is 30.3 Å². The molecule has 4 N–H and O–H groups in total. The van der Waals surface area contributed by atoms with Crippen molar-refractivity contribution in [3.8, 4) is 5.75 Å². The predicted molar refractivity (Wildman–Crippen MR) is 157 cm³/mol. The molecule has 0 aliphatic carbocycles. The van der Waals surface area contributed by atoms with E-state index in [0.29, 0.717) is 64.3 Å². The van der Waals surface area contributed by atoms with Crippen LogP contribution in [-0.2, 0) is 28.7 Å². The van der Waals surface area contributed by atoms with Crippen LogP contribution in [0.5, 0.6) is 5.75 Å². The van der Waals surface area contributed by atoms with Gasteiger partial charge in [0.25, 0.3) is 5.91 Å². The third kappa shape index (κ3) is 13.2. The molecule has 0 aromatic heterocycles. The largest absolute Gasteiger partial charge is 0.484 e. The molecular formula is C30H47N5O7. The van der Waals surface area contributed by atoms with Crippen LogP contribution in [0.25, 0.3) is 0 Å². The summed E-state index contributed by atoms with van der Waals surface area (Å²) in [6, 6.07) is 8.41. The summed E-state index contributed by atoms with van der Waals surface area (Å²) in [5.74, 6) is 0.337. The van der Waals surface area contributed by atoms with Crippen molar-refractivity contribution in [1.29, 1.82) is 0 Å². The van der Waals surface area contributed by atoms with E-state index < -0.39 is 6.04 Å². The number of rotatable bonds is 8. The lowest BCUT2D eigenvalue weighted by molar-refractivity contribution is -0.132. The van der Waals surface area contributed by atoms with Crippen molar-refractivity contribution in [1.82, 2.24) is 26.2 Å². The zero-order valence-electron chi connectivity index (χ0n) is 24.7. The number of para-hydroxylation sites is 1. The van der Waals surface area contributed by atoms with E-state index in [9.17, 15) is 19.2 Å². The van der Waals surface area contributed by atoms with E-state index in [4.69, 9.17) is 14.2 Å². The van der Waals surface area contributed by atoms with E-state index in [0.717, 1.165) is 25.9 Å².